The lowest BCUT2D eigenvalue weighted by Crippen LogP contribution is -2.43. The van der Waals surface area contributed by atoms with E-state index in [1.54, 1.807) is 7.05 Å². The topological polar surface area (TPSA) is 79.5 Å². The Morgan fingerprint density at radius 2 is 1.88 bits per heavy atom. The smallest absolute Gasteiger partial charge is 0.378 e. The fraction of sp³-hybridized carbons (Fsp3) is 0.478. The molecule has 0 aromatic heterocycles. The van der Waals surface area contributed by atoms with Crippen molar-refractivity contribution in [1.82, 2.24) is 10.0 Å². The summed E-state index contributed by atoms with van der Waals surface area (Å²) in [5.41, 5.74) is 1.38. The number of hydrogen-bond donors (Lipinski definition) is 3. The van der Waals surface area contributed by atoms with Crippen LogP contribution in [0.1, 0.15) is 41.7 Å². The number of alkyl halides is 3. The highest BCUT2D eigenvalue weighted by Crippen LogP contribution is 2.51. The number of rotatable bonds is 7. The van der Waals surface area contributed by atoms with Crippen LogP contribution in [0, 0.1) is 5.92 Å². The maximum Gasteiger partial charge on any atom is 0.416 e. The van der Waals surface area contributed by atoms with E-state index in [-0.39, 0.29) is 24.3 Å². The van der Waals surface area contributed by atoms with Crippen LogP contribution in [0.25, 0.3) is 0 Å². The Morgan fingerprint density at radius 3 is 2.58 bits per heavy atom. The molecule has 10 heteroatoms. The van der Waals surface area contributed by atoms with Crippen LogP contribution in [0.15, 0.2) is 48.5 Å². The van der Waals surface area contributed by atoms with Crippen molar-refractivity contribution in [2.45, 2.75) is 37.3 Å². The number of ether oxygens (including phenoxy) is 1. The summed E-state index contributed by atoms with van der Waals surface area (Å²) in [5, 5.41) is 6.22. The monoisotopic (exact) mass is 483 g/mol. The first-order valence-corrected chi connectivity index (χ1v) is 12.6. The molecule has 1 fully saturated rings. The Labute approximate surface area is 192 Å². The molecule has 2 aliphatic rings. The van der Waals surface area contributed by atoms with Gasteiger partial charge in [-0.2, -0.15) is 13.2 Å². The van der Waals surface area contributed by atoms with E-state index in [1.807, 2.05) is 30.3 Å². The van der Waals surface area contributed by atoms with Crippen LogP contribution in [0.4, 0.5) is 18.9 Å². The SMILES string of the molecule is CNCCS(=O)(=O)NC[C@H]1CC[C@@H]2[C@H](O1)c1cc(C(F)(F)F)ccc1N[C@H]2c1ccccc1. The van der Waals surface area contributed by atoms with E-state index >= 15 is 0 Å². The second-order valence-electron chi connectivity index (χ2n) is 8.52. The van der Waals surface area contributed by atoms with Gasteiger partial charge in [-0.25, -0.2) is 13.1 Å². The summed E-state index contributed by atoms with van der Waals surface area (Å²) in [7, 11) is -1.79. The van der Waals surface area contributed by atoms with Gasteiger partial charge in [-0.05, 0) is 43.7 Å². The molecule has 3 N–H and O–H groups in total. The molecule has 0 bridgehead atoms. The van der Waals surface area contributed by atoms with E-state index < -0.39 is 34.0 Å². The summed E-state index contributed by atoms with van der Waals surface area (Å²) >= 11 is 0. The molecule has 2 aromatic rings. The number of benzene rings is 2. The van der Waals surface area contributed by atoms with Crippen LogP contribution in [-0.2, 0) is 20.9 Å². The lowest BCUT2D eigenvalue weighted by molar-refractivity contribution is -0.138. The third kappa shape index (κ3) is 5.51. The van der Waals surface area contributed by atoms with Crippen molar-refractivity contribution < 1.29 is 26.3 Å². The minimum Gasteiger partial charge on any atom is -0.378 e. The van der Waals surface area contributed by atoms with Gasteiger partial charge in [0.25, 0.3) is 0 Å². The zero-order chi connectivity index (χ0) is 23.6. The molecule has 2 aliphatic heterocycles. The van der Waals surface area contributed by atoms with E-state index in [4.69, 9.17) is 4.74 Å². The molecule has 2 aromatic carbocycles. The van der Waals surface area contributed by atoms with Crippen LogP contribution in [0.2, 0.25) is 0 Å². The molecule has 6 nitrogen and oxygen atoms in total. The number of fused-ring (bicyclic) bond motifs is 3. The van der Waals surface area contributed by atoms with Gasteiger partial charge in [0.15, 0.2) is 0 Å². The van der Waals surface area contributed by atoms with E-state index in [2.05, 4.69) is 15.4 Å². The Hall–Kier alpha value is -2.14. The van der Waals surface area contributed by atoms with Gasteiger partial charge in [0.1, 0.15) is 0 Å². The van der Waals surface area contributed by atoms with E-state index in [9.17, 15) is 21.6 Å². The number of sulfonamides is 1. The third-order valence-corrected chi connectivity index (χ3v) is 7.63. The molecular weight excluding hydrogens is 455 g/mol. The maximum atomic E-state index is 13.4. The van der Waals surface area contributed by atoms with Crippen molar-refractivity contribution in [3.05, 3.63) is 65.2 Å². The molecular formula is C23H28F3N3O3S. The van der Waals surface area contributed by atoms with Gasteiger partial charge in [-0.1, -0.05) is 30.3 Å². The minimum absolute atomic E-state index is 0.0555. The van der Waals surface area contributed by atoms with Gasteiger partial charge < -0.3 is 15.4 Å². The normalized spacial score (nSPS) is 25.1. The van der Waals surface area contributed by atoms with Crippen LogP contribution >= 0.6 is 0 Å². The number of hydrogen-bond acceptors (Lipinski definition) is 5. The van der Waals surface area contributed by atoms with Gasteiger partial charge in [-0.15, -0.1) is 0 Å². The fourth-order valence-corrected chi connectivity index (χ4v) is 5.66. The van der Waals surface area contributed by atoms with E-state index in [1.165, 1.54) is 6.07 Å². The summed E-state index contributed by atoms with van der Waals surface area (Å²) in [5.74, 6) is -0.138. The van der Waals surface area contributed by atoms with Gasteiger partial charge in [0.05, 0.1) is 29.6 Å². The van der Waals surface area contributed by atoms with E-state index in [0.717, 1.165) is 17.7 Å². The zero-order valence-corrected chi connectivity index (χ0v) is 19.0. The van der Waals surface area contributed by atoms with E-state index in [0.29, 0.717) is 30.6 Å². The molecule has 0 amide bonds. The highest BCUT2D eigenvalue weighted by Gasteiger charge is 2.43. The predicted octanol–water partition coefficient (Wildman–Crippen LogP) is 3.85. The number of anilines is 1. The Kier molecular flexibility index (Phi) is 6.99. The second-order valence-corrected chi connectivity index (χ2v) is 10.4. The van der Waals surface area contributed by atoms with Gasteiger partial charge in [0.2, 0.25) is 10.0 Å². The van der Waals surface area contributed by atoms with Crippen molar-refractivity contribution in [3.8, 4) is 0 Å². The third-order valence-electron chi connectivity index (χ3n) is 6.28. The van der Waals surface area contributed by atoms with Crippen LogP contribution in [0.5, 0.6) is 0 Å². The van der Waals surface area contributed by atoms with Crippen molar-refractivity contribution in [2.24, 2.45) is 5.92 Å². The lowest BCUT2D eigenvalue weighted by Gasteiger charge is -2.46. The Balaban J connectivity index is 1.60. The molecule has 0 spiro atoms. The predicted molar refractivity (Wildman–Crippen MR) is 120 cm³/mol. The second kappa shape index (κ2) is 9.61. The fourth-order valence-electron chi connectivity index (χ4n) is 4.60. The van der Waals surface area contributed by atoms with Gasteiger partial charge in [0, 0.05) is 30.3 Å². The largest absolute Gasteiger partial charge is 0.416 e. The minimum atomic E-state index is -4.46. The Morgan fingerprint density at radius 1 is 1.12 bits per heavy atom. The number of halogens is 3. The van der Waals surface area contributed by atoms with Crippen LogP contribution in [-0.4, -0.2) is 40.4 Å². The van der Waals surface area contributed by atoms with Crippen molar-refractivity contribution >= 4 is 15.7 Å². The molecule has 180 valence electrons. The molecule has 0 radical (unpaired) electrons. The molecule has 4 rings (SSSR count). The molecule has 0 saturated carbocycles. The average molecular weight is 484 g/mol. The molecule has 33 heavy (non-hydrogen) atoms. The first kappa shape index (κ1) is 24.0. The highest BCUT2D eigenvalue weighted by molar-refractivity contribution is 7.89. The standard InChI is InChI=1S/C23H28F3N3O3S/c1-27-11-12-33(30,31)28-14-17-8-9-18-21(15-5-3-2-4-6-15)29-20-10-7-16(23(24,25)26)13-19(20)22(18)32-17/h2-7,10,13,17-18,21-22,27-29H,8-9,11-12,14H2,1H3/t17-,18+,21+,22+/m1/s1. The van der Waals surface area contributed by atoms with Gasteiger partial charge in [-0.3, -0.25) is 0 Å². The molecule has 0 unspecified atom stereocenters. The average Bonchev–Trinajstić information content (AvgIpc) is 2.80. The van der Waals surface area contributed by atoms with Crippen molar-refractivity contribution in [2.75, 3.05) is 31.2 Å². The summed E-state index contributed by atoms with van der Waals surface area (Å²) in [6.07, 6.45) is -4.16. The summed E-state index contributed by atoms with van der Waals surface area (Å²) < 4.78 is 73.4. The lowest BCUT2D eigenvalue weighted by atomic mass is 9.76. The van der Waals surface area contributed by atoms with Crippen molar-refractivity contribution in [3.63, 3.8) is 0 Å². The number of nitrogens with one attached hydrogen (secondary N) is 3. The quantitative estimate of drug-likeness (QED) is 0.558. The van der Waals surface area contributed by atoms with Crippen molar-refractivity contribution in [1.29, 1.82) is 0 Å². The molecule has 1 saturated heterocycles. The summed E-state index contributed by atoms with van der Waals surface area (Å²) in [6.45, 7) is 0.413. The first-order valence-electron chi connectivity index (χ1n) is 11.0. The maximum absolute atomic E-state index is 13.4. The summed E-state index contributed by atoms with van der Waals surface area (Å²) in [4.78, 5) is 0. The highest BCUT2D eigenvalue weighted by atomic mass is 32.2. The van der Waals surface area contributed by atoms with Crippen LogP contribution < -0.4 is 15.4 Å². The zero-order valence-electron chi connectivity index (χ0n) is 18.2. The summed E-state index contributed by atoms with van der Waals surface area (Å²) in [6, 6.07) is 13.3. The molecule has 0 aliphatic carbocycles. The van der Waals surface area contributed by atoms with Crippen LogP contribution in [0.3, 0.4) is 0 Å². The Bertz CT molecular complexity index is 1060. The van der Waals surface area contributed by atoms with Gasteiger partial charge >= 0.3 is 6.18 Å². The molecule has 4 atom stereocenters. The first-order chi connectivity index (χ1) is 15.7. The molecule has 2 heterocycles.